The molecule has 0 aliphatic carbocycles. The maximum Gasteiger partial charge on any atom is 0.328 e. The van der Waals surface area contributed by atoms with Crippen molar-refractivity contribution in [2.75, 3.05) is 90.8 Å². The number of halogens is 1. The summed E-state index contributed by atoms with van der Waals surface area (Å²) in [5, 5.41) is 8.95. The number of amides is 4. The number of imide groups is 1. The molecular formula is C41H46FN11O4. The number of piperazine rings is 1. The lowest BCUT2D eigenvalue weighted by molar-refractivity contribution is -0.132. The maximum atomic E-state index is 15.4. The predicted octanol–water partition coefficient (Wildman–Crippen LogP) is 3.76. The molecule has 5 aliphatic rings. The molecule has 57 heavy (non-hydrogen) atoms. The van der Waals surface area contributed by atoms with Crippen LogP contribution in [0.5, 0.6) is 5.88 Å². The molecule has 15 nitrogen and oxygen atoms in total. The molecule has 4 amide bonds. The molecule has 7 heterocycles. The SMILES string of the molecule is Cc1cc(N2CC(N3CCN(C(=O)Cc4ccc(Nc5ncc6c(n5)CN(c5cnc7c(c5C)NCCO7)CC6)cc4F)CC3)C2)ccc1N1CCC(=O)NC1=O. The Balaban J connectivity index is 0.752. The van der Waals surface area contributed by atoms with Crippen LogP contribution in [0.1, 0.15) is 34.4 Å². The normalized spacial score (nSPS) is 18.6. The summed E-state index contributed by atoms with van der Waals surface area (Å²) in [7, 11) is 0. The van der Waals surface area contributed by atoms with Crippen LogP contribution in [0.2, 0.25) is 0 Å². The maximum absolute atomic E-state index is 15.4. The minimum Gasteiger partial charge on any atom is -0.474 e. The molecule has 4 aromatic rings. The van der Waals surface area contributed by atoms with Crippen LogP contribution in [-0.4, -0.2) is 114 Å². The van der Waals surface area contributed by atoms with E-state index in [-0.39, 0.29) is 24.3 Å². The molecular weight excluding hydrogens is 730 g/mol. The first-order valence-electron chi connectivity index (χ1n) is 19.7. The first-order valence-corrected chi connectivity index (χ1v) is 19.7. The fourth-order valence-corrected chi connectivity index (χ4v) is 8.44. The Morgan fingerprint density at radius 2 is 1.79 bits per heavy atom. The van der Waals surface area contributed by atoms with Crippen molar-refractivity contribution < 1.29 is 23.5 Å². The van der Waals surface area contributed by atoms with E-state index in [0.717, 1.165) is 90.8 Å². The van der Waals surface area contributed by atoms with Crippen molar-refractivity contribution in [1.29, 1.82) is 0 Å². The molecule has 2 aromatic carbocycles. The number of nitrogens with one attached hydrogen (secondary N) is 3. The van der Waals surface area contributed by atoms with Crippen LogP contribution in [0.15, 0.2) is 48.8 Å². The number of carbonyl (C=O) groups excluding carboxylic acids is 3. The van der Waals surface area contributed by atoms with E-state index in [1.807, 2.05) is 36.4 Å². The van der Waals surface area contributed by atoms with Gasteiger partial charge in [-0.25, -0.2) is 24.1 Å². The van der Waals surface area contributed by atoms with Gasteiger partial charge in [-0.2, -0.15) is 0 Å². The van der Waals surface area contributed by atoms with Gasteiger partial charge in [-0.15, -0.1) is 0 Å². The van der Waals surface area contributed by atoms with Gasteiger partial charge in [0.05, 0.1) is 30.5 Å². The Hall–Kier alpha value is -6.03. The first kappa shape index (κ1) is 36.6. The van der Waals surface area contributed by atoms with E-state index in [4.69, 9.17) is 9.72 Å². The van der Waals surface area contributed by atoms with E-state index in [1.54, 1.807) is 17.0 Å². The highest BCUT2D eigenvalue weighted by Gasteiger charge is 2.35. The van der Waals surface area contributed by atoms with Gasteiger partial charge in [0.15, 0.2) is 0 Å². The van der Waals surface area contributed by atoms with Gasteiger partial charge in [0.25, 0.3) is 0 Å². The predicted molar refractivity (Wildman–Crippen MR) is 214 cm³/mol. The molecule has 296 valence electrons. The fraction of sp³-hybridized carbons (Fsp3) is 0.415. The topological polar surface area (TPSA) is 151 Å². The molecule has 0 saturated carbocycles. The number of fused-ring (bicyclic) bond motifs is 2. The van der Waals surface area contributed by atoms with Crippen LogP contribution in [0, 0.1) is 19.7 Å². The number of benzene rings is 2. The molecule has 3 saturated heterocycles. The second-order valence-corrected chi connectivity index (χ2v) is 15.4. The minimum atomic E-state index is -0.448. The van der Waals surface area contributed by atoms with Crippen LogP contribution in [0.25, 0.3) is 0 Å². The number of aryl methyl sites for hydroxylation is 1. The van der Waals surface area contributed by atoms with Crippen molar-refractivity contribution in [2.45, 2.75) is 45.7 Å². The Labute approximate surface area is 330 Å². The largest absolute Gasteiger partial charge is 0.474 e. The monoisotopic (exact) mass is 775 g/mol. The Morgan fingerprint density at radius 3 is 2.58 bits per heavy atom. The number of nitrogens with zero attached hydrogens (tertiary/aromatic N) is 8. The van der Waals surface area contributed by atoms with Crippen LogP contribution >= 0.6 is 0 Å². The number of rotatable bonds is 8. The van der Waals surface area contributed by atoms with Gasteiger partial charge in [0.1, 0.15) is 18.1 Å². The lowest BCUT2D eigenvalue weighted by Crippen LogP contribution is -2.63. The third kappa shape index (κ3) is 7.36. The molecule has 2 aromatic heterocycles. The zero-order valence-electron chi connectivity index (χ0n) is 32.2. The summed E-state index contributed by atoms with van der Waals surface area (Å²) in [6, 6.07) is 10.9. The van der Waals surface area contributed by atoms with Gasteiger partial charge >= 0.3 is 6.03 Å². The van der Waals surface area contributed by atoms with Crippen LogP contribution in [0.3, 0.4) is 0 Å². The third-order valence-electron chi connectivity index (χ3n) is 11.8. The highest BCUT2D eigenvalue weighted by molar-refractivity contribution is 6.06. The van der Waals surface area contributed by atoms with Crippen molar-refractivity contribution in [3.05, 3.63) is 82.6 Å². The molecule has 16 heteroatoms. The van der Waals surface area contributed by atoms with Gasteiger partial charge in [0, 0.05) is 100 Å². The molecule has 0 radical (unpaired) electrons. The highest BCUT2D eigenvalue weighted by atomic mass is 19.1. The number of carbonyl (C=O) groups is 3. The first-order chi connectivity index (χ1) is 27.7. The number of aromatic nitrogens is 3. The molecule has 0 unspecified atom stereocenters. The third-order valence-corrected chi connectivity index (χ3v) is 11.8. The van der Waals surface area contributed by atoms with Crippen molar-refractivity contribution in [2.24, 2.45) is 0 Å². The number of anilines is 6. The van der Waals surface area contributed by atoms with E-state index in [9.17, 15) is 14.4 Å². The molecule has 5 aliphatic heterocycles. The van der Waals surface area contributed by atoms with Crippen LogP contribution < -0.4 is 35.4 Å². The average molecular weight is 776 g/mol. The Morgan fingerprint density at radius 1 is 0.947 bits per heavy atom. The highest BCUT2D eigenvalue weighted by Crippen LogP contribution is 2.36. The number of ether oxygens (including phenoxy) is 1. The molecule has 3 fully saturated rings. The van der Waals surface area contributed by atoms with E-state index in [2.05, 4.69) is 53.6 Å². The molecule has 0 spiro atoms. The number of hydrogen-bond donors (Lipinski definition) is 3. The summed E-state index contributed by atoms with van der Waals surface area (Å²) < 4.78 is 21.1. The van der Waals surface area contributed by atoms with E-state index in [1.165, 1.54) is 6.07 Å². The number of pyridine rings is 1. The Kier molecular flexibility index (Phi) is 9.72. The van der Waals surface area contributed by atoms with E-state index in [0.29, 0.717) is 68.3 Å². The summed E-state index contributed by atoms with van der Waals surface area (Å²) >= 11 is 0. The zero-order valence-corrected chi connectivity index (χ0v) is 32.2. The summed E-state index contributed by atoms with van der Waals surface area (Å²) in [4.78, 5) is 61.5. The molecule has 0 atom stereocenters. The van der Waals surface area contributed by atoms with Crippen molar-refractivity contribution in [1.82, 2.24) is 30.1 Å². The number of hydrogen-bond acceptors (Lipinski definition) is 12. The van der Waals surface area contributed by atoms with E-state index < -0.39 is 5.82 Å². The smallest absolute Gasteiger partial charge is 0.328 e. The quantitative estimate of drug-likeness (QED) is 0.239. The van der Waals surface area contributed by atoms with Crippen molar-refractivity contribution in [3.8, 4) is 5.88 Å². The number of urea groups is 1. The average Bonchev–Trinajstić information content (AvgIpc) is 3.19. The molecule has 9 rings (SSSR count). The summed E-state index contributed by atoms with van der Waals surface area (Å²) in [6.45, 7) is 11.7. The zero-order chi connectivity index (χ0) is 39.2. The van der Waals surface area contributed by atoms with Crippen LogP contribution in [-0.2, 0) is 29.0 Å². The van der Waals surface area contributed by atoms with Crippen molar-refractivity contribution >= 4 is 52.2 Å². The summed E-state index contributed by atoms with van der Waals surface area (Å²) in [5.41, 5.74) is 8.82. The lowest BCUT2D eigenvalue weighted by Gasteiger charge is -2.49. The van der Waals surface area contributed by atoms with Gasteiger partial charge < -0.3 is 30.1 Å². The van der Waals surface area contributed by atoms with Gasteiger partial charge in [-0.3, -0.25) is 24.7 Å². The standard InChI is InChI=1S/C41H46FN11O4/c1-25-17-30(5-6-34(25)53-11-8-36(54)48-41(53)56)52-22-31(23-52)49-12-14-50(15-13-49)37(55)18-27-3-4-29(19-32(27)42)46-40-45-20-28-7-10-51(24-33(28)47-40)35-21-44-39-38(26(35)2)43-9-16-57-39/h3-6,17,19-21,31,43H,7-16,18,22-24H2,1-2H3,(H,45,46,47)(H,48,54,56). The second kappa shape index (κ2) is 15.1. The Bertz CT molecular complexity index is 2240. The van der Waals surface area contributed by atoms with Gasteiger partial charge in [0.2, 0.25) is 23.6 Å². The lowest BCUT2D eigenvalue weighted by atomic mass is 10.0. The second-order valence-electron chi connectivity index (χ2n) is 15.4. The van der Waals surface area contributed by atoms with Gasteiger partial charge in [-0.1, -0.05) is 6.07 Å². The fourth-order valence-electron chi connectivity index (χ4n) is 8.44. The molecule has 3 N–H and O–H groups in total. The summed E-state index contributed by atoms with van der Waals surface area (Å²) in [6.07, 6.45) is 4.79. The van der Waals surface area contributed by atoms with Crippen LogP contribution in [0.4, 0.5) is 43.6 Å². The minimum absolute atomic E-state index is 0.00213. The summed E-state index contributed by atoms with van der Waals surface area (Å²) in [5.74, 6) is 0.249. The van der Waals surface area contributed by atoms with Gasteiger partial charge in [-0.05, 0) is 67.3 Å². The van der Waals surface area contributed by atoms with Crippen molar-refractivity contribution in [3.63, 3.8) is 0 Å². The van der Waals surface area contributed by atoms with E-state index >= 15 is 4.39 Å². The molecule has 0 bridgehead atoms.